The molecule has 0 unspecified atom stereocenters. The summed E-state index contributed by atoms with van der Waals surface area (Å²) in [5.74, 6) is -3.59. The van der Waals surface area contributed by atoms with Crippen molar-refractivity contribution in [3.8, 4) is 0 Å². The van der Waals surface area contributed by atoms with E-state index in [9.17, 15) is 29.1 Å². The van der Waals surface area contributed by atoms with Crippen LogP contribution in [0.4, 0.5) is 0 Å². The summed E-state index contributed by atoms with van der Waals surface area (Å²) in [6.45, 7) is 0.774. The van der Waals surface area contributed by atoms with E-state index in [0.29, 0.717) is 0 Å². The molecule has 1 aliphatic rings. The predicted octanol–water partition coefficient (Wildman–Crippen LogP) is 3.29. The highest BCUT2D eigenvalue weighted by Crippen LogP contribution is 2.30. The molecule has 3 aromatic rings. The van der Waals surface area contributed by atoms with Gasteiger partial charge in [-0.2, -0.15) is 0 Å². The van der Waals surface area contributed by atoms with Crippen molar-refractivity contribution in [3.05, 3.63) is 108 Å². The lowest BCUT2D eigenvalue weighted by Gasteiger charge is -2.42. The summed E-state index contributed by atoms with van der Waals surface area (Å²) >= 11 is 0. The maximum Gasteiger partial charge on any atom is 0.338 e. The number of hydrogen-bond donors (Lipinski definition) is 1. The maximum absolute atomic E-state index is 13.2. The summed E-state index contributed by atoms with van der Waals surface area (Å²) in [5.41, 5.74) is 0.514. The summed E-state index contributed by atoms with van der Waals surface area (Å²) in [5, 5.41) is 11.0. The summed E-state index contributed by atoms with van der Waals surface area (Å²) in [6, 6.07) is 23.8. The van der Waals surface area contributed by atoms with Gasteiger partial charge in [0.05, 0.1) is 23.1 Å². The minimum Gasteiger partial charge on any atom is -0.459 e. The number of aliphatic hydroxyl groups is 1. The first kappa shape index (κ1) is 31.1. The van der Waals surface area contributed by atoms with Gasteiger partial charge in [0, 0.05) is 6.42 Å². The van der Waals surface area contributed by atoms with Crippen LogP contribution in [-0.2, 0) is 33.3 Å². The molecular formula is C32H30O11. The van der Waals surface area contributed by atoms with Crippen molar-refractivity contribution in [2.45, 2.75) is 50.5 Å². The number of aliphatic hydroxyl groups excluding tert-OH is 1. The van der Waals surface area contributed by atoms with Crippen molar-refractivity contribution in [1.29, 1.82) is 0 Å². The average Bonchev–Trinajstić information content (AvgIpc) is 3.03. The largest absolute Gasteiger partial charge is 0.459 e. The van der Waals surface area contributed by atoms with Gasteiger partial charge in [0.1, 0.15) is 18.5 Å². The Bertz CT molecular complexity index is 1410. The van der Waals surface area contributed by atoms with Crippen LogP contribution in [0, 0.1) is 0 Å². The normalized spacial score (nSPS) is 21.2. The Balaban J connectivity index is 1.65. The van der Waals surface area contributed by atoms with Gasteiger partial charge in [-0.1, -0.05) is 54.6 Å². The minimum atomic E-state index is -1.88. The fourth-order valence-electron chi connectivity index (χ4n) is 4.27. The number of esters is 4. The Morgan fingerprint density at radius 2 is 1.09 bits per heavy atom. The van der Waals surface area contributed by atoms with Gasteiger partial charge in [-0.3, -0.25) is 4.79 Å². The van der Waals surface area contributed by atoms with E-state index in [2.05, 4.69) is 0 Å². The van der Waals surface area contributed by atoms with Crippen LogP contribution in [0.2, 0.25) is 0 Å². The van der Waals surface area contributed by atoms with Gasteiger partial charge in [0.2, 0.25) is 0 Å². The summed E-state index contributed by atoms with van der Waals surface area (Å²) in [6.07, 6.45) is -8.49. The number of rotatable bonds is 11. The molecule has 11 heteroatoms. The monoisotopic (exact) mass is 590 g/mol. The van der Waals surface area contributed by atoms with Crippen LogP contribution in [0.1, 0.15) is 50.8 Å². The Labute approximate surface area is 247 Å². The highest BCUT2D eigenvalue weighted by molar-refractivity contribution is 5.90. The van der Waals surface area contributed by atoms with Crippen molar-refractivity contribution in [2.24, 2.45) is 0 Å². The first-order valence-electron chi connectivity index (χ1n) is 13.5. The first-order chi connectivity index (χ1) is 20.7. The van der Waals surface area contributed by atoms with Crippen molar-refractivity contribution in [1.82, 2.24) is 0 Å². The van der Waals surface area contributed by atoms with E-state index in [4.69, 9.17) is 23.7 Å². The van der Waals surface area contributed by atoms with Crippen molar-refractivity contribution in [2.75, 3.05) is 6.61 Å². The molecular weight excluding hydrogens is 560 g/mol. The highest BCUT2D eigenvalue weighted by Gasteiger charge is 2.52. The van der Waals surface area contributed by atoms with Crippen LogP contribution in [0.25, 0.3) is 0 Å². The van der Waals surface area contributed by atoms with Crippen LogP contribution < -0.4 is 0 Å². The molecule has 0 aromatic heterocycles. The molecule has 4 rings (SSSR count). The van der Waals surface area contributed by atoms with Crippen molar-refractivity contribution >= 4 is 29.7 Å². The molecule has 43 heavy (non-hydrogen) atoms. The molecule has 0 aliphatic carbocycles. The summed E-state index contributed by atoms with van der Waals surface area (Å²) in [7, 11) is 0. The quantitative estimate of drug-likeness (QED) is 0.259. The zero-order chi connectivity index (χ0) is 30.8. The molecule has 5 atom stereocenters. The molecule has 0 bridgehead atoms. The van der Waals surface area contributed by atoms with Crippen LogP contribution in [0.5, 0.6) is 0 Å². The van der Waals surface area contributed by atoms with Gasteiger partial charge in [0.25, 0.3) is 0 Å². The van der Waals surface area contributed by atoms with Crippen LogP contribution in [0.3, 0.4) is 0 Å². The van der Waals surface area contributed by atoms with Crippen molar-refractivity contribution < 1.29 is 52.8 Å². The molecule has 0 amide bonds. The SMILES string of the molecule is CC(=O)CCC(=O)O[C@@H]1[C@@H](OC(=O)c2ccccc2)[C@@H](O)O[C@H](COC(=O)c2ccccc2)[C@@H]1OC(=O)c1ccccc1. The summed E-state index contributed by atoms with van der Waals surface area (Å²) < 4.78 is 27.9. The lowest BCUT2D eigenvalue weighted by molar-refractivity contribution is -0.288. The van der Waals surface area contributed by atoms with Gasteiger partial charge < -0.3 is 33.6 Å². The Hall–Kier alpha value is -4.87. The topological polar surface area (TPSA) is 152 Å². The van der Waals surface area contributed by atoms with Gasteiger partial charge >= 0.3 is 23.9 Å². The van der Waals surface area contributed by atoms with Crippen LogP contribution >= 0.6 is 0 Å². The summed E-state index contributed by atoms with van der Waals surface area (Å²) in [4.78, 5) is 63.1. The molecule has 0 saturated carbocycles. The molecule has 3 aromatic carbocycles. The van der Waals surface area contributed by atoms with Crippen molar-refractivity contribution in [3.63, 3.8) is 0 Å². The third kappa shape index (κ3) is 8.57. The minimum absolute atomic E-state index is 0.133. The van der Waals surface area contributed by atoms with Gasteiger partial charge in [-0.05, 0) is 43.3 Å². The molecule has 0 radical (unpaired) electrons. The molecule has 224 valence electrons. The van der Waals surface area contributed by atoms with Gasteiger partial charge in [-0.15, -0.1) is 0 Å². The number of ketones is 1. The van der Waals surface area contributed by atoms with E-state index in [1.807, 2.05) is 0 Å². The van der Waals surface area contributed by atoms with E-state index in [-0.39, 0.29) is 35.3 Å². The van der Waals surface area contributed by atoms with E-state index < -0.39 is 61.2 Å². The first-order valence-corrected chi connectivity index (χ1v) is 13.5. The van der Waals surface area contributed by atoms with E-state index >= 15 is 0 Å². The fourth-order valence-corrected chi connectivity index (χ4v) is 4.27. The maximum atomic E-state index is 13.2. The molecule has 1 fully saturated rings. The standard InChI is InChI=1S/C32H30O11/c1-20(33)17-18-25(34)41-27-26(42-30(36)22-13-7-3-8-14-22)24(19-39-29(35)21-11-5-2-6-12-21)40-32(38)28(27)43-31(37)23-15-9-4-10-16-23/h2-16,24,26-28,32,38H,17-19H2,1H3/t24-,26+,27+,28-,32+/m1/s1. The second-order valence-electron chi connectivity index (χ2n) is 9.66. The molecule has 1 aliphatic heterocycles. The third-order valence-corrected chi connectivity index (χ3v) is 6.45. The second kappa shape index (κ2) is 14.9. The Morgan fingerprint density at radius 1 is 0.628 bits per heavy atom. The number of carbonyl (C=O) groups excluding carboxylic acids is 5. The van der Waals surface area contributed by atoms with E-state index in [1.165, 1.54) is 43.3 Å². The average molecular weight is 591 g/mol. The fraction of sp³-hybridized carbons (Fsp3) is 0.281. The number of hydrogen-bond acceptors (Lipinski definition) is 11. The highest BCUT2D eigenvalue weighted by atomic mass is 16.7. The number of Topliss-reactive ketones (excluding diaryl/α,β-unsaturated/α-hetero) is 1. The molecule has 11 nitrogen and oxygen atoms in total. The van der Waals surface area contributed by atoms with Crippen LogP contribution in [-0.4, -0.2) is 72.1 Å². The predicted molar refractivity (Wildman–Crippen MR) is 149 cm³/mol. The number of ether oxygens (including phenoxy) is 5. The zero-order valence-corrected chi connectivity index (χ0v) is 23.2. The van der Waals surface area contributed by atoms with E-state index in [0.717, 1.165) is 0 Å². The van der Waals surface area contributed by atoms with Gasteiger partial charge in [-0.25, -0.2) is 14.4 Å². The molecule has 1 N–H and O–H groups in total. The molecule has 0 spiro atoms. The smallest absolute Gasteiger partial charge is 0.338 e. The number of carbonyl (C=O) groups is 5. The zero-order valence-electron chi connectivity index (χ0n) is 23.2. The second-order valence-corrected chi connectivity index (χ2v) is 9.66. The Kier molecular flexibility index (Phi) is 10.7. The lowest BCUT2D eigenvalue weighted by atomic mass is 9.97. The third-order valence-electron chi connectivity index (χ3n) is 6.45. The lowest BCUT2D eigenvalue weighted by Crippen LogP contribution is -2.62. The van der Waals surface area contributed by atoms with Gasteiger partial charge in [0.15, 0.2) is 24.6 Å². The van der Waals surface area contributed by atoms with Crippen LogP contribution in [0.15, 0.2) is 91.0 Å². The van der Waals surface area contributed by atoms with E-state index in [1.54, 1.807) is 54.6 Å². The molecule has 1 heterocycles. The Morgan fingerprint density at radius 3 is 1.58 bits per heavy atom. The molecule has 1 saturated heterocycles. The number of benzene rings is 3.